The molecule has 3 rings (SSSR count). The van der Waals surface area contributed by atoms with Crippen LogP contribution in [0.15, 0.2) is 30.3 Å². The molecule has 25 heavy (non-hydrogen) atoms. The fourth-order valence-electron chi connectivity index (χ4n) is 3.30. The number of rotatable bonds is 4. The summed E-state index contributed by atoms with van der Waals surface area (Å²) in [6.07, 6.45) is 1.42. The maximum atomic E-state index is 13.0. The van der Waals surface area contributed by atoms with Crippen LogP contribution in [-0.2, 0) is 14.3 Å². The average Bonchev–Trinajstić information content (AvgIpc) is 3.31. The lowest BCUT2D eigenvalue weighted by Gasteiger charge is -2.30. The summed E-state index contributed by atoms with van der Waals surface area (Å²) in [7, 11) is 0. The molecule has 2 fully saturated rings. The number of thioether (sulfide) groups is 1. The number of nitrogens with zero attached hydrogens (tertiary/aromatic N) is 2. The molecule has 2 aliphatic heterocycles. The number of hydrogen-bond donors (Lipinski definition) is 0. The highest BCUT2D eigenvalue weighted by atomic mass is 32.2. The van der Waals surface area contributed by atoms with E-state index < -0.39 is 12.1 Å². The van der Waals surface area contributed by atoms with Crippen molar-refractivity contribution >= 4 is 29.5 Å². The molecule has 2 saturated heterocycles. The number of carbonyl (C=O) groups excluding carboxylic acids is 3. The Bertz CT molecular complexity index is 652. The summed E-state index contributed by atoms with van der Waals surface area (Å²) in [6.45, 7) is 2.61. The molecule has 0 N–H and O–H groups in total. The Morgan fingerprint density at radius 3 is 2.64 bits per heavy atom. The van der Waals surface area contributed by atoms with Gasteiger partial charge in [0.05, 0.1) is 12.5 Å². The van der Waals surface area contributed by atoms with E-state index in [1.54, 1.807) is 28.9 Å². The molecule has 0 radical (unpaired) electrons. The van der Waals surface area contributed by atoms with Gasteiger partial charge in [-0.05, 0) is 31.9 Å². The minimum atomic E-state index is -0.549. The Balaban J connectivity index is 1.74. The maximum Gasteiger partial charge on any atom is 0.329 e. The maximum absolute atomic E-state index is 13.0. The highest BCUT2D eigenvalue weighted by Gasteiger charge is 2.43. The number of benzene rings is 1. The number of likely N-dealkylation sites (tertiary alicyclic amines) is 1. The molecule has 0 saturated carbocycles. The standard InChI is InChI=1S/C18H22N2O4S/c1-2-24-18(23)15-11-25-12-20(15)17(22)14-9-6-10-19(14)16(21)13-7-4-3-5-8-13/h3-5,7-8,14-15H,2,6,9-12H2,1H3/t14-,15-/m0/s1. The Kier molecular flexibility index (Phi) is 5.63. The zero-order valence-electron chi connectivity index (χ0n) is 14.2. The first-order valence-electron chi connectivity index (χ1n) is 8.54. The van der Waals surface area contributed by atoms with E-state index in [1.165, 1.54) is 11.8 Å². The zero-order chi connectivity index (χ0) is 17.8. The normalized spacial score (nSPS) is 22.9. The van der Waals surface area contributed by atoms with Crippen LogP contribution in [0.2, 0.25) is 0 Å². The van der Waals surface area contributed by atoms with E-state index in [1.807, 2.05) is 18.2 Å². The summed E-state index contributed by atoms with van der Waals surface area (Å²) < 4.78 is 5.09. The second kappa shape index (κ2) is 7.91. The molecule has 6 nitrogen and oxygen atoms in total. The van der Waals surface area contributed by atoms with E-state index in [0.29, 0.717) is 36.8 Å². The van der Waals surface area contributed by atoms with E-state index in [9.17, 15) is 14.4 Å². The van der Waals surface area contributed by atoms with Gasteiger partial charge in [-0.25, -0.2) is 4.79 Å². The van der Waals surface area contributed by atoms with E-state index >= 15 is 0 Å². The van der Waals surface area contributed by atoms with Gasteiger partial charge in [0.25, 0.3) is 5.91 Å². The smallest absolute Gasteiger partial charge is 0.329 e. The van der Waals surface area contributed by atoms with Crippen LogP contribution in [0.1, 0.15) is 30.1 Å². The van der Waals surface area contributed by atoms with Crippen LogP contribution in [0.3, 0.4) is 0 Å². The summed E-state index contributed by atoms with van der Waals surface area (Å²) in [5.41, 5.74) is 0.583. The van der Waals surface area contributed by atoms with Gasteiger partial charge in [-0.1, -0.05) is 18.2 Å². The van der Waals surface area contributed by atoms with E-state index in [4.69, 9.17) is 4.74 Å². The van der Waals surface area contributed by atoms with Crippen molar-refractivity contribution in [2.24, 2.45) is 0 Å². The first-order valence-corrected chi connectivity index (χ1v) is 9.69. The topological polar surface area (TPSA) is 66.9 Å². The van der Waals surface area contributed by atoms with Crippen LogP contribution >= 0.6 is 11.8 Å². The molecule has 0 bridgehead atoms. The largest absolute Gasteiger partial charge is 0.464 e. The van der Waals surface area contributed by atoms with Gasteiger partial charge in [-0.3, -0.25) is 9.59 Å². The van der Waals surface area contributed by atoms with Gasteiger partial charge in [0.2, 0.25) is 5.91 Å². The summed E-state index contributed by atoms with van der Waals surface area (Å²) >= 11 is 1.54. The van der Waals surface area contributed by atoms with Crippen LogP contribution in [0, 0.1) is 0 Å². The van der Waals surface area contributed by atoms with Crippen molar-refractivity contribution in [3.63, 3.8) is 0 Å². The Morgan fingerprint density at radius 1 is 1.16 bits per heavy atom. The van der Waals surface area contributed by atoms with Gasteiger partial charge in [-0.2, -0.15) is 0 Å². The second-order valence-corrected chi connectivity index (χ2v) is 7.10. The molecule has 134 valence electrons. The van der Waals surface area contributed by atoms with E-state index in [2.05, 4.69) is 0 Å². The zero-order valence-corrected chi connectivity index (χ0v) is 15.0. The molecular formula is C18H22N2O4S. The molecule has 0 spiro atoms. The fourth-order valence-corrected chi connectivity index (χ4v) is 4.45. The summed E-state index contributed by atoms with van der Waals surface area (Å²) in [5, 5.41) is 0. The number of hydrogen-bond acceptors (Lipinski definition) is 5. The van der Waals surface area contributed by atoms with Gasteiger partial charge >= 0.3 is 5.97 Å². The third-order valence-corrected chi connectivity index (χ3v) is 5.56. The second-order valence-electron chi connectivity index (χ2n) is 6.10. The highest BCUT2D eigenvalue weighted by molar-refractivity contribution is 7.99. The van der Waals surface area contributed by atoms with Crippen LogP contribution in [0.25, 0.3) is 0 Å². The van der Waals surface area contributed by atoms with Crippen molar-refractivity contribution in [1.29, 1.82) is 0 Å². The lowest BCUT2D eigenvalue weighted by atomic mass is 10.1. The van der Waals surface area contributed by atoms with Crippen molar-refractivity contribution in [3.05, 3.63) is 35.9 Å². The molecule has 1 aromatic carbocycles. The van der Waals surface area contributed by atoms with Crippen molar-refractivity contribution in [2.45, 2.75) is 31.8 Å². The number of esters is 1. The van der Waals surface area contributed by atoms with Crippen molar-refractivity contribution < 1.29 is 19.1 Å². The van der Waals surface area contributed by atoms with E-state index in [0.717, 1.165) is 6.42 Å². The Morgan fingerprint density at radius 2 is 1.92 bits per heavy atom. The average molecular weight is 362 g/mol. The highest BCUT2D eigenvalue weighted by Crippen LogP contribution is 2.28. The molecule has 2 amide bonds. The van der Waals surface area contributed by atoms with Gasteiger partial charge < -0.3 is 14.5 Å². The van der Waals surface area contributed by atoms with Crippen molar-refractivity contribution in [3.8, 4) is 0 Å². The van der Waals surface area contributed by atoms with Gasteiger partial charge in [0.15, 0.2) is 0 Å². The van der Waals surface area contributed by atoms with Crippen LogP contribution in [-0.4, -0.2) is 64.4 Å². The minimum absolute atomic E-state index is 0.129. The predicted octanol–water partition coefficient (Wildman–Crippen LogP) is 1.76. The minimum Gasteiger partial charge on any atom is -0.464 e. The third kappa shape index (κ3) is 3.66. The lowest BCUT2D eigenvalue weighted by molar-refractivity contribution is -0.153. The fraction of sp³-hybridized carbons (Fsp3) is 0.500. The predicted molar refractivity (Wildman–Crippen MR) is 95.1 cm³/mol. The molecular weight excluding hydrogens is 340 g/mol. The van der Waals surface area contributed by atoms with Crippen molar-refractivity contribution in [1.82, 2.24) is 9.80 Å². The molecule has 0 unspecified atom stereocenters. The molecule has 1 aromatic rings. The first-order chi connectivity index (χ1) is 12.1. The quantitative estimate of drug-likeness (QED) is 0.764. The lowest BCUT2D eigenvalue weighted by Crippen LogP contribution is -2.51. The molecule has 2 atom stereocenters. The van der Waals surface area contributed by atoms with Gasteiger partial charge in [0.1, 0.15) is 12.1 Å². The Hall–Kier alpha value is -2.02. The SMILES string of the molecule is CCOC(=O)[C@@H]1CSCN1C(=O)[C@@H]1CCCN1C(=O)c1ccccc1. The number of ether oxygens (including phenoxy) is 1. The van der Waals surface area contributed by atoms with Crippen LogP contribution in [0.4, 0.5) is 0 Å². The third-order valence-electron chi connectivity index (χ3n) is 4.54. The van der Waals surface area contributed by atoms with Gasteiger partial charge in [0, 0.05) is 17.9 Å². The molecule has 2 heterocycles. The van der Waals surface area contributed by atoms with Crippen LogP contribution in [0.5, 0.6) is 0 Å². The monoisotopic (exact) mass is 362 g/mol. The summed E-state index contributed by atoms with van der Waals surface area (Å²) in [4.78, 5) is 41.1. The summed E-state index contributed by atoms with van der Waals surface area (Å²) in [5.74, 6) is 0.372. The first kappa shape index (κ1) is 17.8. The van der Waals surface area contributed by atoms with E-state index in [-0.39, 0.29) is 17.8 Å². The molecule has 2 aliphatic rings. The number of carbonyl (C=O) groups is 3. The molecule has 0 aromatic heterocycles. The van der Waals surface area contributed by atoms with Crippen LogP contribution < -0.4 is 0 Å². The summed E-state index contributed by atoms with van der Waals surface area (Å²) in [6, 6.07) is 7.96. The molecule has 0 aliphatic carbocycles. The number of amides is 2. The molecule has 7 heteroatoms. The Labute approximate surface area is 151 Å². The van der Waals surface area contributed by atoms with Crippen molar-refractivity contribution in [2.75, 3.05) is 24.8 Å². The van der Waals surface area contributed by atoms with Gasteiger partial charge in [-0.15, -0.1) is 11.8 Å².